The number of hydrogen-bond donors (Lipinski definition) is 2. The predicted molar refractivity (Wildman–Crippen MR) is 56.4 cm³/mol. The van der Waals surface area contributed by atoms with Crippen LogP contribution in [0.25, 0.3) is 0 Å². The van der Waals surface area contributed by atoms with Crippen LogP contribution in [0.2, 0.25) is 10.0 Å². The van der Waals surface area contributed by atoms with Crippen LogP contribution in [0.1, 0.15) is 6.92 Å². The summed E-state index contributed by atoms with van der Waals surface area (Å²) in [5, 5.41) is 8.80. The molecule has 0 aliphatic heterocycles. The summed E-state index contributed by atoms with van der Waals surface area (Å²) in [6.45, 7) is 1.35. The van der Waals surface area contributed by atoms with E-state index in [-0.39, 0.29) is 21.6 Å². The summed E-state index contributed by atoms with van der Waals surface area (Å²) in [7, 11) is 0. The number of rotatable bonds is 3. The number of aliphatic carboxylic acids is 1. The third-order valence-corrected chi connectivity index (χ3v) is 2.28. The van der Waals surface area contributed by atoms with Gasteiger partial charge in [-0.2, -0.15) is 0 Å². The Labute approximate surface area is 95.8 Å². The average molecular weight is 251 g/mol. The molecule has 1 unspecified atom stereocenters. The number of pyridine rings is 1. The fourth-order valence-electron chi connectivity index (χ4n) is 0.762. The van der Waals surface area contributed by atoms with E-state index in [4.69, 9.17) is 38.8 Å². The van der Waals surface area contributed by atoms with Gasteiger partial charge in [-0.25, -0.2) is 9.78 Å². The zero-order valence-electron chi connectivity index (χ0n) is 7.70. The zero-order valence-corrected chi connectivity index (χ0v) is 9.21. The molecule has 0 radical (unpaired) electrons. The van der Waals surface area contributed by atoms with Crippen molar-refractivity contribution in [2.75, 3.05) is 5.73 Å². The summed E-state index contributed by atoms with van der Waals surface area (Å²) in [4.78, 5) is 14.2. The van der Waals surface area contributed by atoms with E-state index in [0.29, 0.717) is 0 Å². The maximum absolute atomic E-state index is 10.5. The van der Waals surface area contributed by atoms with Gasteiger partial charge in [0.05, 0.1) is 16.9 Å². The summed E-state index contributed by atoms with van der Waals surface area (Å²) in [6, 6.07) is 0. The SMILES string of the molecule is CC(Oc1ncc(Cl)c(N)c1Cl)C(=O)O. The van der Waals surface area contributed by atoms with Crippen LogP contribution in [0, 0.1) is 0 Å². The molecule has 5 nitrogen and oxygen atoms in total. The van der Waals surface area contributed by atoms with Gasteiger partial charge in [0.15, 0.2) is 6.10 Å². The quantitative estimate of drug-likeness (QED) is 0.855. The Kier molecular flexibility index (Phi) is 3.60. The molecule has 0 amide bonds. The smallest absolute Gasteiger partial charge is 0.344 e. The summed E-state index contributed by atoms with van der Waals surface area (Å²) < 4.78 is 4.96. The third kappa shape index (κ3) is 2.64. The summed E-state index contributed by atoms with van der Waals surface area (Å²) in [5.74, 6) is -1.17. The van der Waals surface area contributed by atoms with Gasteiger partial charge < -0.3 is 15.6 Å². The third-order valence-electron chi connectivity index (χ3n) is 1.61. The number of hydrogen-bond acceptors (Lipinski definition) is 4. The number of halogens is 2. The number of anilines is 1. The molecule has 82 valence electrons. The largest absolute Gasteiger partial charge is 0.479 e. The van der Waals surface area contributed by atoms with Crippen LogP contribution in [0.3, 0.4) is 0 Å². The number of nitrogens with zero attached hydrogens (tertiary/aromatic N) is 1. The van der Waals surface area contributed by atoms with Gasteiger partial charge in [0, 0.05) is 0 Å². The van der Waals surface area contributed by atoms with E-state index in [2.05, 4.69) is 4.98 Å². The fraction of sp³-hybridized carbons (Fsp3) is 0.250. The van der Waals surface area contributed by atoms with Crippen molar-refractivity contribution in [3.05, 3.63) is 16.2 Å². The normalized spacial score (nSPS) is 12.2. The van der Waals surface area contributed by atoms with Crippen LogP contribution in [0.5, 0.6) is 5.88 Å². The number of ether oxygens (including phenoxy) is 1. The number of nitrogens with two attached hydrogens (primary N) is 1. The molecule has 0 fully saturated rings. The summed E-state index contributed by atoms with van der Waals surface area (Å²) in [5.41, 5.74) is 5.62. The van der Waals surface area contributed by atoms with Crippen molar-refractivity contribution in [3.8, 4) is 5.88 Å². The maximum atomic E-state index is 10.5. The van der Waals surface area contributed by atoms with Gasteiger partial charge in [-0.3, -0.25) is 0 Å². The highest BCUT2D eigenvalue weighted by atomic mass is 35.5. The van der Waals surface area contributed by atoms with Crippen LogP contribution >= 0.6 is 23.2 Å². The van der Waals surface area contributed by atoms with Gasteiger partial charge in [-0.1, -0.05) is 23.2 Å². The van der Waals surface area contributed by atoms with Crippen molar-refractivity contribution < 1.29 is 14.6 Å². The van der Waals surface area contributed by atoms with Crippen molar-refractivity contribution >= 4 is 34.9 Å². The standard InChI is InChI=1S/C8H8Cl2N2O3/c1-3(8(13)14)15-7-5(10)6(11)4(9)2-12-7/h2-3H,1H3,(H2,11,12)(H,13,14). The lowest BCUT2D eigenvalue weighted by molar-refractivity contribution is -0.144. The number of nitrogen functional groups attached to an aromatic ring is 1. The number of carboxylic acids is 1. The fourth-order valence-corrected chi connectivity index (χ4v) is 1.15. The van der Waals surface area contributed by atoms with Crippen molar-refractivity contribution in [1.29, 1.82) is 0 Å². The highest BCUT2D eigenvalue weighted by Crippen LogP contribution is 2.33. The highest BCUT2D eigenvalue weighted by molar-refractivity contribution is 6.39. The molecule has 0 aliphatic carbocycles. The Morgan fingerprint density at radius 3 is 2.80 bits per heavy atom. The predicted octanol–water partition coefficient (Wildman–Crippen LogP) is 1.82. The molecular weight excluding hydrogens is 243 g/mol. The number of carbonyl (C=O) groups is 1. The second-order valence-electron chi connectivity index (χ2n) is 2.74. The van der Waals surface area contributed by atoms with Crippen LogP contribution in [-0.2, 0) is 4.79 Å². The van der Waals surface area contributed by atoms with E-state index in [0.717, 1.165) is 0 Å². The van der Waals surface area contributed by atoms with Gasteiger partial charge in [-0.15, -0.1) is 0 Å². The number of carboxylic acid groups (broad SMARTS) is 1. The van der Waals surface area contributed by atoms with Crippen molar-refractivity contribution in [2.45, 2.75) is 13.0 Å². The van der Waals surface area contributed by atoms with Crippen molar-refractivity contribution in [1.82, 2.24) is 4.98 Å². The number of aromatic nitrogens is 1. The molecule has 1 atom stereocenters. The van der Waals surface area contributed by atoms with Gasteiger partial charge in [0.1, 0.15) is 5.02 Å². The molecular formula is C8H8Cl2N2O3. The first-order chi connectivity index (χ1) is 6.93. The summed E-state index contributed by atoms with van der Waals surface area (Å²) in [6.07, 6.45) is 0.183. The lowest BCUT2D eigenvalue weighted by Gasteiger charge is -2.11. The van der Waals surface area contributed by atoms with Gasteiger partial charge >= 0.3 is 5.97 Å². The molecule has 0 aliphatic rings. The van der Waals surface area contributed by atoms with Crippen LogP contribution in [0.4, 0.5) is 5.69 Å². The maximum Gasteiger partial charge on any atom is 0.344 e. The van der Waals surface area contributed by atoms with Gasteiger partial charge in [0.2, 0.25) is 5.88 Å². The molecule has 15 heavy (non-hydrogen) atoms. The molecule has 7 heteroatoms. The first-order valence-corrected chi connectivity index (χ1v) is 4.68. The van der Waals surface area contributed by atoms with E-state index in [1.165, 1.54) is 13.1 Å². The minimum absolute atomic E-state index is 0.00981. The Morgan fingerprint density at radius 2 is 2.27 bits per heavy atom. The van der Waals surface area contributed by atoms with Gasteiger partial charge in [0.25, 0.3) is 0 Å². The first-order valence-electron chi connectivity index (χ1n) is 3.92. The molecule has 1 rings (SSSR count). The van der Waals surface area contributed by atoms with Gasteiger partial charge in [-0.05, 0) is 6.92 Å². The van der Waals surface area contributed by atoms with E-state index in [9.17, 15) is 4.79 Å². The Hall–Kier alpha value is -1.20. The van der Waals surface area contributed by atoms with E-state index in [1.54, 1.807) is 0 Å². The highest BCUT2D eigenvalue weighted by Gasteiger charge is 2.17. The Balaban J connectivity index is 2.97. The van der Waals surface area contributed by atoms with E-state index in [1.807, 2.05) is 0 Å². The molecule has 0 aromatic carbocycles. The molecule has 1 aromatic rings. The molecule has 1 aromatic heterocycles. The lowest BCUT2D eigenvalue weighted by Crippen LogP contribution is -2.23. The molecule has 0 saturated carbocycles. The van der Waals surface area contributed by atoms with Crippen molar-refractivity contribution in [2.24, 2.45) is 0 Å². The minimum atomic E-state index is -1.12. The average Bonchev–Trinajstić information content (AvgIpc) is 2.18. The second-order valence-corrected chi connectivity index (χ2v) is 3.52. The summed E-state index contributed by atoms with van der Waals surface area (Å²) >= 11 is 11.4. The van der Waals surface area contributed by atoms with Crippen LogP contribution in [-0.4, -0.2) is 22.2 Å². The molecule has 0 spiro atoms. The minimum Gasteiger partial charge on any atom is -0.479 e. The van der Waals surface area contributed by atoms with Crippen LogP contribution in [0.15, 0.2) is 6.20 Å². The molecule has 0 saturated heterocycles. The molecule has 0 bridgehead atoms. The monoisotopic (exact) mass is 250 g/mol. The van der Waals surface area contributed by atoms with E-state index < -0.39 is 12.1 Å². The zero-order chi connectivity index (χ0) is 11.6. The first kappa shape index (κ1) is 11.9. The Morgan fingerprint density at radius 1 is 1.67 bits per heavy atom. The Bertz CT molecular complexity index is 398. The lowest BCUT2D eigenvalue weighted by atomic mass is 10.4. The molecule has 1 heterocycles. The van der Waals surface area contributed by atoms with Crippen molar-refractivity contribution in [3.63, 3.8) is 0 Å². The molecule has 3 N–H and O–H groups in total. The van der Waals surface area contributed by atoms with E-state index >= 15 is 0 Å². The second kappa shape index (κ2) is 4.55. The topological polar surface area (TPSA) is 85.4 Å². The van der Waals surface area contributed by atoms with Crippen LogP contribution < -0.4 is 10.5 Å².